The van der Waals surface area contributed by atoms with Gasteiger partial charge >= 0.3 is 0 Å². The first kappa shape index (κ1) is 14.2. The van der Waals surface area contributed by atoms with Crippen molar-refractivity contribution < 1.29 is 4.79 Å². The largest absolute Gasteiger partial charge is 0.346 e. The summed E-state index contributed by atoms with van der Waals surface area (Å²) >= 11 is 1.66. The minimum Gasteiger partial charge on any atom is -0.346 e. The van der Waals surface area contributed by atoms with Crippen LogP contribution in [-0.4, -0.2) is 41.0 Å². The Morgan fingerprint density at radius 3 is 2.91 bits per heavy atom. The number of aryl methyl sites for hydroxylation is 1. The van der Waals surface area contributed by atoms with Crippen molar-refractivity contribution in [3.8, 4) is 0 Å². The van der Waals surface area contributed by atoms with E-state index in [1.165, 1.54) is 25.9 Å². The predicted octanol–water partition coefficient (Wildman–Crippen LogP) is 2.82. The molecule has 1 amide bonds. The van der Waals surface area contributed by atoms with Gasteiger partial charge in [-0.15, -0.1) is 11.3 Å². The van der Waals surface area contributed by atoms with Gasteiger partial charge in [0.1, 0.15) is 5.69 Å². The molecule has 3 fully saturated rings. The van der Waals surface area contributed by atoms with Gasteiger partial charge < -0.3 is 5.32 Å². The molecule has 5 heteroatoms. The number of carbonyl (C=O) groups excluding carboxylic acids is 1. The number of hydrogen-bond acceptors (Lipinski definition) is 4. The van der Waals surface area contributed by atoms with Crippen LogP contribution in [0.2, 0.25) is 0 Å². The SMILES string of the molecule is Cc1nc(C(=O)N[C@@H]2C3CCN(CC3)[C@H]2C)cc2sccc12. The van der Waals surface area contributed by atoms with E-state index in [-0.39, 0.29) is 11.9 Å². The van der Waals surface area contributed by atoms with E-state index >= 15 is 0 Å². The summed E-state index contributed by atoms with van der Waals surface area (Å²) in [6.07, 6.45) is 2.40. The molecule has 0 spiro atoms. The maximum Gasteiger partial charge on any atom is 0.270 e. The molecular weight excluding hydrogens is 294 g/mol. The predicted molar refractivity (Wildman–Crippen MR) is 89.4 cm³/mol. The molecule has 2 aromatic heterocycles. The average Bonchev–Trinajstić information content (AvgIpc) is 3.00. The maximum atomic E-state index is 12.7. The Morgan fingerprint density at radius 1 is 1.41 bits per heavy atom. The van der Waals surface area contributed by atoms with E-state index in [1.54, 1.807) is 11.3 Å². The van der Waals surface area contributed by atoms with Gasteiger partial charge in [0.25, 0.3) is 5.91 Å². The number of fused-ring (bicyclic) bond motifs is 4. The first-order chi connectivity index (χ1) is 10.6. The number of carbonyl (C=O) groups is 1. The van der Waals surface area contributed by atoms with Crippen LogP contribution >= 0.6 is 11.3 Å². The number of piperidine rings is 3. The van der Waals surface area contributed by atoms with E-state index in [1.807, 2.05) is 13.0 Å². The maximum absolute atomic E-state index is 12.7. The molecule has 0 aromatic carbocycles. The fourth-order valence-electron chi connectivity index (χ4n) is 4.02. The second-order valence-corrected chi connectivity index (χ2v) is 7.49. The molecule has 22 heavy (non-hydrogen) atoms. The summed E-state index contributed by atoms with van der Waals surface area (Å²) in [5.41, 5.74) is 1.49. The highest BCUT2D eigenvalue weighted by Gasteiger charge is 2.40. The Kier molecular flexibility index (Phi) is 3.42. The Balaban J connectivity index is 1.58. The summed E-state index contributed by atoms with van der Waals surface area (Å²) in [5.74, 6) is 0.597. The Hall–Kier alpha value is -1.46. The number of rotatable bonds is 2. The zero-order valence-corrected chi connectivity index (χ0v) is 13.8. The third kappa shape index (κ3) is 2.23. The first-order valence-electron chi connectivity index (χ1n) is 8.03. The van der Waals surface area contributed by atoms with Gasteiger partial charge in [0, 0.05) is 27.9 Å². The summed E-state index contributed by atoms with van der Waals surface area (Å²) in [6.45, 7) is 6.56. The molecule has 5 rings (SSSR count). The van der Waals surface area contributed by atoms with Crippen molar-refractivity contribution in [2.45, 2.75) is 38.8 Å². The molecule has 1 N–H and O–H groups in total. The van der Waals surface area contributed by atoms with Crippen LogP contribution in [-0.2, 0) is 0 Å². The molecule has 2 aromatic rings. The number of aromatic nitrogens is 1. The molecule has 0 aliphatic carbocycles. The highest BCUT2D eigenvalue weighted by molar-refractivity contribution is 7.17. The third-order valence-corrected chi connectivity index (χ3v) is 6.21. The number of hydrogen-bond donors (Lipinski definition) is 1. The summed E-state index contributed by atoms with van der Waals surface area (Å²) in [5, 5.41) is 6.46. The van der Waals surface area contributed by atoms with Crippen LogP contribution in [0.15, 0.2) is 17.5 Å². The van der Waals surface area contributed by atoms with Gasteiger partial charge in [0.2, 0.25) is 0 Å². The highest BCUT2D eigenvalue weighted by Crippen LogP contribution is 2.32. The molecule has 5 heterocycles. The Morgan fingerprint density at radius 2 is 2.18 bits per heavy atom. The number of pyridine rings is 1. The molecule has 3 aliphatic rings. The quantitative estimate of drug-likeness (QED) is 0.927. The van der Waals surface area contributed by atoms with E-state index in [2.05, 4.69) is 33.6 Å². The topological polar surface area (TPSA) is 45.2 Å². The number of nitrogens with one attached hydrogen (secondary N) is 1. The van der Waals surface area contributed by atoms with Crippen LogP contribution in [0.4, 0.5) is 0 Å². The summed E-state index contributed by atoms with van der Waals surface area (Å²) in [7, 11) is 0. The van der Waals surface area contributed by atoms with Crippen molar-refractivity contribution in [1.29, 1.82) is 0 Å². The highest BCUT2D eigenvalue weighted by atomic mass is 32.1. The van der Waals surface area contributed by atoms with Gasteiger partial charge in [-0.25, -0.2) is 4.98 Å². The van der Waals surface area contributed by atoms with Crippen LogP contribution in [0.3, 0.4) is 0 Å². The van der Waals surface area contributed by atoms with Crippen LogP contribution in [0, 0.1) is 12.8 Å². The van der Waals surface area contributed by atoms with E-state index in [4.69, 9.17) is 0 Å². The zero-order chi connectivity index (χ0) is 15.3. The lowest BCUT2D eigenvalue weighted by Crippen LogP contribution is -2.62. The Bertz CT molecular complexity index is 716. The average molecular weight is 315 g/mol. The van der Waals surface area contributed by atoms with Gasteiger partial charge in [-0.1, -0.05) is 0 Å². The van der Waals surface area contributed by atoms with Crippen LogP contribution < -0.4 is 5.32 Å². The normalized spacial score (nSPS) is 30.6. The van der Waals surface area contributed by atoms with Crippen molar-refractivity contribution in [1.82, 2.24) is 15.2 Å². The standard InChI is InChI=1S/C17H21N3OS/c1-10-13-5-8-22-15(13)9-14(18-10)17(21)19-16-11(2)20-6-3-12(16)4-7-20/h5,8-9,11-12,16H,3-4,6-7H2,1-2H3,(H,19,21)/t11-,16-/m0/s1. The van der Waals surface area contributed by atoms with Crippen molar-refractivity contribution in [2.24, 2.45) is 5.92 Å². The van der Waals surface area contributed by atoms with Gasteiger partial charge in [0.05, 0.1) is 0 Å². The van der Waals surface area contributed by atoms with Crippen molar-refractivity contribution >= 4 is 27.3 Å². The third-order valence-electron chi connectivity index (χ3n) is 5.35. The number of amides is 1. The number of thiophene rings is 1. The molecule has 0 saturated carbocycles. The molecule has 3 aliphatic heterocycles. The van der Waals surface area contributed by atoms with Crippen molar-refractivity contribution in [3.63, 3.8) is 0 Å². The zero-order valence-electron chi connectivity index (χ0n) is 13.0. The molecule has 3 saturated heterocycles. The second-order valence-electron chi connectivity index (χ2n) is 6.54. The second kappa shape index (κ2) is 5.32. The van der Waals surface area contributed by atoms with E-state index in [9.17, 15) is 4.79 Å². The number of nitrogens with zero attached hydrogens (tertiary/aromatic N) is 2. The molecule has 0 unspecified atom stereocenters. The Labute approximate surface area is 134 Å². The molecule has 2 atom stereocenters. The van der Waals surface area contributed by atoms with Gasteiger partial charge in [0.15, 0.2) is 0 Å². The lowest BCUT2D eigenvalue weighted by atomic mass is 9.79. The van der Waals surface area contributed by atoms with Gasteiger partial charge in [-0.3, -0.25) is 9.69 Å². The first-order valence-corrected chi connectivity index (χ1v) is 8.91. The van der Waals surface area contributed by atoms with Crippen LogP contribution in [0.5, 0.6) is 0 Å². The minimum atomic E-state index is -0.0241. The van der Waals surface area contributed by atoms with Crippen molar-refractivity contribution in [2.75, 3.05) is 13.1 Å². The lowest BCUT2D eigenvalue weighted by Gasteiger charge is -2.49. The fraction of sp³-hybridized carbons (Fsp3) is 0.529. The van der Waals surface area contributed by atoms with Gasteiger partial charge in [-0.2, -0.15) is 0 Å². The molecule has 2 bridgehead atoms. The van der Waals surface area contributed by atoms with Gasteiger partial charge in [-0.05, 0) is 63.2 Å². The minimum absolute atomic E-state index is 0.0241. The smallest absolute Gasteiger partial charge is 0.270 e. The molecule has 4 nitrogen and oxygen atoms in total. The van der Waals surface area contributed by atoms with Crippen molar-refractivity contribution in [3.05, 3.63) is 28.9 Å². The molecule has 0 radical (unpaired) electrons. The summed E-state index contributed by atoms with van der Waals surface area (Å²) < 4.78 is 1.14. The summed E-state index contributed by atoms with van der Waals surface area (Å²) in [6, 6.07) is 4.69. The van der Waals surface area contributed by atoms with E-state index in [0.29, 0.717) is 17.7 Å². The summed E-state index contributed by atoms with van der Waals surface area (Å²) in [4.78, 5) is 19.7. The lowest BCUT2D eigenvalue weighted by molar-refractivity contribution is 0.0216. The molecule has 116 valence electrons. The fourth-order valence-corrected chi connectivity index (χ4v) is 4.89. The van der Waals surface area contributed by atoms with E-state index in [0.717, 1.165) is 15.8 Å². The monoisotopic (exact) mass is 315 g/mol. The van der Waals surface area contributed by atoms with Crippen LogP contribution in [0.1, 0.15) is 35.9 Å². The molecular formula is C17H21N3OS. The van der Waals surface area contributed by atoms with Crippen LogP contribution in [0.25, 0.3) is 10.1 Å². The van der Waals surface area contributed by atoms with E-state index < -0.39 is 0 Å².